The van der Waals surface area contributed by atoms with Crippen molar-refractivity contribution < 1.29 is 29.0 Å². The summed E-state index contributed by atoms with van der Waals surface area (Å²) in [5.41, 5.74) is 0.740. The highest BCUT2D eigenvalue weighted by Gasteiger charge is 2.38. The van der Waals surface area contributed by atoms with Gasteiger partial charge < -0.3 is 19.9 Å². The quantitative estimate of drug-likeness (QED) is 0.469. The van der Waals surface area contributed by atoms with Gasteiger partial charge in [-0.05, 0) is 40.5 Å². The minimum Gasteiger partial charge on any atom is -0.478 e. The molecule has 1 aromatic rings. The first kappa shape index (κ1) is 17.0. The standard InChI is InChI=1S/C15H14BrNO6/c1-7-4-10(16)11(5-8(7)12(18)19)17-6-9-13(20)22-15(2,3)23-14(9)21/h4-6,17H,1-3H3,(H,18,19). The summed E-state index contributed by atoms with van der Waals surface area (Å²) in [6, 6.07) is 3.01. The molecular weight excluding hydrogens is 370 g/mol. The smallest absolute Gasteiger partial charge is 0.350 e. The van der Waals surface area contributed by atoms with Crippen LogP contribution in [0, 0.1) is 6.92 Å². The van der Waals surface area contributed by atoms with E-state index in [9.17, 15) is 14.4 Å². The zero-order valence-corrected chi connectivity index (χ0v) is 14.2. The van der Waals surface area contributed by atoms with Gasteiger partial charge in [0.25, 0.3) is 5.79 Å². The van der Waals surface area contributed by atoms with Gasteiger partial charge >= 0.3 is 17.9 Å². The summed E-state index contributed by atoms with van der Waals surface area (Å²) < 4.78 is 10.5. The van der Waals surface area contributed by atoms with E-state index in [1.165, 1.54) is 19.9 Å². The Kier molecular flexibility index (Phi) is 4.46. The van der Waals surface area contributed by atoms with Crippen molar-refractivity contribution in [3.63, 3.8) is 0 Å². The van der Waals surface area contributed by atoms with Crippen LogP contribution >= 0.6 is 15.9 Å². The molecule has 1 aliphatic rings. The van der Waals surface area contributed by atoms with Crippen LogP contribution in [0.3, 0.4) is 0 Å². The molecule has 0 atom stereocenters. The molecule has 2 N–H and O–H groups in total. The van der Waals surface area contributed by atoms with E-state index in [2.05, 4.69) is 21.2 Å². The molecule has 7 nitrogen and oxygen atoms in total. The van der Waals surface area contributed by atoms with Crippen molar-refractivity contribution in [1.82, 2.24) is 0 Å². The molecule has 0 saturated carbocycles. The average Bonchev–Trinajstić information content (AvgIpc) is 2.37. The second-order valence-electron chi connectivity index (χ2n) is 5.33. The van der Waals surface area contributed by atoms with Crippen molar-refractivity contribution >= 4 is 39.5 Å². The third-order valence-corrected chi connectivity index (χ3v) is 3.69. The Labute approximate surface area is 140 Å². The summed E-state index contributed by atoms with van der Waals surface area (Å²) in [4.78, 5) is 34.8. The number of rotatable bonds is 3. The molecule has 122 valence electrons. The number of benzene rings is 1. The summed E-state index contributed by atoms with van der Waals surface area (Å²) in [5, 5.41) is 11.9. The number of anilines is 1. The molecule has 0 unspecified atom stereocenters. The molecule has 0 bridgehead atoms. The number of carboxylic acid groups (broad SMARTS) is 1. The van der Waals surface area contributed by atoms with E-state index in [1.54, 1.807) is 13.0 Å². The number of nitrogens with one attached hydrogen (secondary N) is 1. The monoisotopic (exact) mass is 383 g/mol. The van der Waals surface area contributed by atoms with Gasteiger partial charge in [0.15, 0.2) is 5.57 Å². The maximum atomic E-state index is 11.8. The fourth-order valence-electron chi connectivity index (χ4n) is 1.94. The zero-order chi connectivity index (χ0) is 17.4. The number of cyclic esters (lactones) is 2. The van der Waals surface area contributed by atoms with Crippen molar-refractivity contribution in [2.75, 3.05) is 5.32 Å². The molecule has 0 radical (unpaired) electrons. The van der Waals surface area contributed by atoms with Crippen molar-refractivity contribution in [3.8, 4) is 0 Å². The Morgan fingerprint density at radius 2 is 1.83 bits per heavy atom. The SMILES string of the molecule is Cc1cc(Br)c(NC=C2C(=O)OC(C)(C)OC2=O)cc1C(=O)O. The lowest BCUT2D eigenvalue weighted by Crippen LogP contribution is -2.42. The number of carbonyl (C=O) groups is 3. The van der Waals surface area contributed by atoms with Crippen LogP contribution in [0.2, 0.25) is 0 Å². The van der Waals surface area contributed by atoms with Gasteiger partial charge in [-0.25, -0.2) is 14.4 Å². The van der Waals surface area contributed by atoms with Crippen molar-refractivity contribution in [2.24, 2.45) is 0 Å². The number of esters is 2. The molecule has 0 aliphatic carbocycles. The van der Waals surface area contributed by atoms with Crippen LogP contribution in [0.15, 0.2) is 28.4 Å². The van der Waals surface area contributed by atoms with Crippen LogP contribution in [0.5, 0.6) is 0 Å². The summed E-state index contributed by atoms with van der Waals surface area (Å²) >= 11 is 3.29. The molecule has 1 heterocycles. The van der Waals surface area contributed by atoms with E-state index in [0.29, 0.717) is 15.7 Å². The fraction of sp³-hybridized carbons (Fsp3) is 0.267. The maximum absolute atomic E-state index is 11.8. The van der Waals surface area contributed by atoms with Gasteiger partial charge in [0.1, 0.15) is 0 Å². The Bertz CT molecular complexity index is 716. The highest BCUT2D eigenvalue weighted by atomic mass is 79.9. The summed E-state index contributed by atoms with van der Waals surface area (Å²) in [6.07, 6.45) is 1.13. The first-order chi connectivity index (χ1) is 10.6. The molecule has 23 heavy (non-hydrogen) atoms. The lowest BCUT2D eigenvalue weighted by Gasteiger charge is -2.29. The molecule has 8 heteroatoms. The predicted molar refractivity (Wildman–Crippen MR) is 83.8 cm³/mol. The van der Waals surface area contributed by atoms with Crippen LogP contribution in [0.25, 0.3) is 0 Å². The van der Waals surface area contributed by atoms with Gasteiger partial charge in [-0.2, -0.15) is 0 Å². The predicted octanol–water partition coefficient (Wildman–Crippen LogP) is 2.59. The lowest BCUT2D eigenvalue weighted by atomic mass is 10.1. The van der Waals surface area contributed by atoms with E-state index in [0.717, 1.165) is 6.20 Å². The van der Waals surface area contributed by atoms with Crippen molar-refractivity contribution in [2.45, 2.75) is 26.6 Å². The minimum absolute atomic E-state index is 0.101. The number of hydrogen-bond donors (Lipinski definition) is 2. The number of carbonyl (C=O) groups excluding carboxylic acids is 2. The molecule has 1 saturated heterocycles. The zero-order valence-electron chi connectivity index (χ0n) is 12.6. The third kappa shape index (κ3) is 3.70. The average molecular weight is 384 g/mol. The molecule has 2 rings (SSSR count). The highest BCUT2D eigenvalue weighted by molar-refractivity contribution is 9.10. The van der Waals surface area contributed by atoms with Crippen LogP contribution in [0.4, 0.5) is 5.69 Å². The van der Waals surface area contributed by atoms with E-state index >= 15 is 0 Å². The number of halogens is 1. The normalized spacial score (nSPS) is 16.4. The highest BCUT2D eigenvalue weighted by Crippen LogP contribution is 2.28. The van der Waals surface area contributed by atoms with Crippen molar-refractivity contribution in [1.29, 1.82) is 0 Å². The maximum Gasteiger partial charge on any atom is 0.350 e. The molecule has 0 spiro atoms. The van der Waals surface area contributed by atoms with E-state index in [1.807, 2.05) is 0 Å². The second kappa shape index (κ2) is 6.04. The van der Waals surface area contributed by atoms with Crippen LogP contribution in [0.1, 0.15) is 29.8 Å². The van der Waals surface area contributed by atoms with Crippen molar-refractivity contribution in [3.05, 3.63) is 39.5 Å². The van der Waals surface area contributed by atoms with Gasteiger partial charge in [0, 0.05) is 24.5 Å². The third-order valence-electron chi connectivity index (χ3n) is 3.03. The Morgan fingerprint density at radius 3 is 2.35 bits per heavy atom. The van der Waals surface area contributed by atoms with Gasteiger partial charge in [0.05, 0.1) is 11.3 Å². The summed E-state index contributed by atoms with van der Waals surface area (Å²) in [5.74, 6) is -4.03. The van der Waals surface area contributed by atoms with Gasteiger partial charge in [-0.15, -0.1) is 0 Å². The van der Waals surface area contributed by atoms with Crippen LogP contribution < -0.4 is 5.32 Å². The van der Waals surface area contributed by atoms with E-state index < -0.39 is 23.7 Å². The molecule has 0 amide bonds. The largest absolute Gasteiger partial charge is 0.478 e. The molecule has 1 aliphatic heterocycles. The Morgan fingerprint density at radius 1 is 1.26 bits per heavy atom. The van der Waals surface area contributed by atoms with Gasteiger partial charge in [-0.1, -0.05) is 0 Å². The Balaban J connectivity index is 2.30. The summed E-state index contributed by atoms with van der Waals surface area (Å²) in [7, 11) is 0. The number of ether oxygens (including phenoxy) is 2. The van der Waals surface area contributed by atoms with Crippen LogP contribution in [-0.4, -0.2) is 28.8 Å². The number of aryl methyl sites for hydroxylation is 1. The topological polar surface area (TPSA) is 102 Å². The first-order valence-electron chi connectivity index (χ1n) is 6.57. The molecule has 1 aromatic carbocycles. The molecular formula is C15H14BrNO6. The fourth-order valence-corrected chi connectivity index (χ4v) is 2.51. The number of hydrogen-bond acceptors (Lipinski definition) is 6. The Hall–Kier alpha value is -2.35. The summed E-state index contributed by atoms with van der Waals surface area (Å²) in [6.45, 7) is 4.56. The molecule has 0 aromatic heterocycles. The van der Waals surface area contributed by atoms with Crippen LogP contribution in [-0.2, 0) is 19.1 Å². The first-order valence-corrected chi connectivity index (χ1v) is 7.37. The lowest BCUT2D eigenvalue weighted by molar-refractivity contribution is -0.222. The van der Waals surface area contributed by atoms with E-state index in [-0.39, 0.29) is 11.1 Å². The van der Waals surface area contributed by atoms with E-state index in [4.69, 9.17) is 14.6 Å². The van der Waals surface area contributed by atoms with Gasteiger partial charge in [-0.3, -0.25) is 0 Å². The molecule has 1 fully saturated rings. The van der Waals surface area contributed by atoms with Gasteiger partial charge in [0.2, 0.25) is 0 Å². The number of carboxylic acids is 1. The second-order valence-corrected chi connectivity index (χ2v) is 6.19. The number of aromatic carboxylic acids is 1. The minimum atomic E-state index is -1.31.